The van der Waals surface area contributed by atoms with Gasteiger partial charge in [0.25, 0.3) is 0 Å². The Kier molecular flexibility index (Phi) is 3.67. The van der Waals surface area contributed by atoms with Crippen LogP contribution in [0.1, 0.15) is 11.3 Å². The van der Waals surface area contributed by atoms with E-state index in [-0.39, 0.29) is 5.75 Å². The van der Waals surface area contributed by atoms with Gasteiger partial charge in [0.2, 0.25) is 0 Å². The molecule has 0 aliphatic carbocycles. The van der Waals surface area contributed by atoms with E-state index < -0.39 is 0 Å². The summed E-state index contributed by atoms with van der Waals surface area (Å²) in [5.41, 5.74) is 1.36. The van der Waals surface area contributed by atoms with Gasteiger partial charge in [-0.05, 0) is 42.0 Å². The first-order valence-electron chi connectivity index (χ1n) is 4.93. The molecule has 17 heavy (non-hydrogen) atoms. The Morgan fingerprint density at radius 3 is 2.41 bits per heavy atom. The first-order chi connectivity index (χ1) is 8.15. The van der Waals surface area contributed by atoms with Gasteiger partial charge in [0.05, 0.1) is 0 Å². The molecule has 0 spiro atoms. The number of aromatic hydroxyl groups is 1. The van der Waals surface area contributed by atoms with E-state index in [9.17, 15) is 5.11 Å². The van der Waals surface area contributed by atoms with Gasteiger partial charge in [-0.2, -0.15) is 0 Å². The molecule has 0 saturated heterocycles. The van der Waals surface area contributed by atoms with E-state index in [4.69, 9.17) is 23.2 Å². The Morgan fingerprint density at radius 1 is 1.06 bits per heavy atom. The molecule has 0 radical (unpaired) electrons. The molecule has 4 heteroatoms. The van der Waals surface area contributed by atoms with Gasteiger partial charge in [0.1, 0.15) is 11.4 Å². The average Bonchev–Trinajstić information content (AvgIpc) is 2.27. The number of halogens is 2. The number of nitrogens with zero attached hydrogens (tertiary/aromatic N) is 1. The van der Waals surface area contributed by atoms with E-state index in [0.29, 0.717) is 15.7 Å². The molecule has 86 valence electrons. The minimum absolute atomic E-state index is 0.136. The second kappa shape index (κ2) is 5.21. The summed E-state index contributed by atoms with van der Waals surface area (Å²) in [6, 6.07) is 8.48. The summed E-state index contributed by atoms with van der Waals surface area (Å²) >= 11 is 11.8. The number of hydrogen-bond donors (Lipinski definition) is 1. The van der Waals surface area contributed by atoms with Crippen molar-refractivity contribution in [1.29, 1.82) is 0 Å². The Labute approximate surface area is 109 Å². The zero-order valence-corrected chi connectivity index (χ0v) is 10.3. The van der Waals surface area contributed by atoms with Crippen LogP contribution in [0, 0.1) is 0 Å². The lowest BCUT2D eigenvalue weighted by Crippen LogP contribution is -1.80. The predicted molar refractivity (Wildman–Crippen MR) is 71.3 cm³/mol. The Bertz CT molecular complexity index is 547. The first kappa shape index (κ1) is 12.0. The van der Waals surface area contributed by atoms with Gasteiger partial charge in [0.15, 0.2) is 0 Å². The van der Waals surface area contributed by atoms with Crippen molar-refractivity contribution in [3.8, 4) is 5.75 Å². The molecule has 0 aliphatic heterocycles. The van der Waals surface area contributed by atoms with Crippen LogP contribution >= 0.6 is 23.2 Å². The summed E-state index contributed by atoms with van der Waals surface area (Å²) in [6.07, 6.45) is 5.11. The van der Waals surface area contributed by atoms with Crippen LogP contribution in [0.4, 0.5) is 0 Å². The van der Waals surface area contributed by atoms with E-state index in [1.807, 2.05) is 0 Å². The molecule has 0 saturated carbocycles. The Hall–Kier alpha value is -1.51. The third kappa shape index (κ3) is 3.22. The summed E-state index contributed by atoms with van der Waals surface area (Å²) < 4.78 is 0. The van der Waals surface area contributed by atoms with Gasteiger partial charge in [-0.1, -0.05) is 29.3 Å². The second-order valence-corrected chi connectivity index (χ2v) is 4.32. The maximum absolute atomic E-state index is 9.53. The molecule has 0 amide bonds. The monoisotopic (exact) mass is 265 g/mol. The molecule has 0 aliphatic rings. The number of aromatic nitrogens is 1. The summed E-state index contributed by atoms with van der Waals surface area (Å²) in [7, 11) is 0. The molecule has 1 aromatic carbocycles. The summed E-state index contributed by atoms with van der Waals surface area (Å²) in [4.78, 5) is 4.04. The third-order valence-corrected chi connectivity index (χ3v) is 2.57. The van der Waals surface area contributed by atoms with Gasteiger partial charge in [-0.25, -0.2) is 0 Å². The molecule has 0 bridgehead atoms. The van der Waals surface area contributed by atoms with E-state index in [0.717, 1.165) is 5.56 Å². The van der Waals surface area contributed by atoms with Crippen molar-refractivity contribution in [3.63, 3.8) is 0 Å². The van der Waals surface area contributed by atoms with Gasteiger partial charge in [-0.15, -0.1) is 0 Å². The summed E-state index contributed by atoms with van der Waals surface area (Å²) in [6.45, 7) is 0. The lowest BCUT2D eigenvalue weighted by molar-refractivity contribution is 0.471. The average molecular weight is 266 g/mol. The standard InChI is InChI=1S/C13H9Cl2NO/c14-10-6-9(7-11(15)8-10)3-4-12-13(17)2-1-5-16-12/h1-8,17H. The smallest absolute Gasteiger partial charge is 0.141 e. The Morgan fingerprint density at radius 2 is 1.76 bits per heavy atom. The van der Waals surface area contributed by atoms with Crippen LogP contribution in [0.3, 0.4) is 0 Å². The highest BCUT2D eigenvalue weighted by molar-refractivity contribution is 6.34. The third-order valence-electron chi connectivity index (χ3n) is 2.13. The minimum Gasteiger partial charge on any atom is -0.506 e. The summed E-state index contributed by atoms with van der Waals surface area (Å²) in [5, 5.41) is 10.7. The van der Waals surface area contributed by atoms with Gasteiger partial charge < -0.3 is 5.11 Å². The highest BCUT2D eigenvalue weighted by Gasteiger charge is 1.98. The molecule has 0 fully saturated rings. The molecule has 1 aromatic heterocycles. The first-order valence-corrected chi connectivity index (χ1v) is 5.69. The van der Waals surface area contributed by atoms with Gasteiger partial charge in [-0.3, -0.25) is 4.98 Å². The maximum Gasteiger partial charge on any atom is 0.141 e. The van der Waals surface area contributed by atoms with Crippen LogP contribution in [0.5, 0.6) is 5.75 Å². The zero-order chi connectivity index (χ0) is 12.3. The molecular weight excluding hydrogens is 257 g/mol. The van der Waals surface area contributed by atoms with E-state index in [1.54, 1.807) is 48.7 Å². The predicted octanol–water partition coefficient (Wildman–Crippen LogP) is 4.26. The van der Waals surface area contributed by atoms with E-state index in [2.05, 4.69) is 4.98 Å². The second-order valence-electron chi connectivity index (χ2n) is 3.44. The van der Waals surface area contributed by atoms with Crippen LogP contribution in [-0.2, 0) is 0 Å². The fraction of sp³-hybridized carbons (Fsp3) is 0. The van der Waals surface area contributed by atoms with Crippen molar-refractivity contribution < 1.29 is 5.11 Å². The topological polar surface area (TPSA) is 33.1 Å². The van der Waals surface area contributed by atoms with Gasteiger partial charge >= 0.3 is 0 Å². The van der Waals surface area contributed by atoms with Crippen LogP contribution < -0.4 is 0 Å². The van der Waals surface area contributed by atoms with Crippen molar-refractivity contribution in [2.75, 3.05) is 0 Å². The number of pyridine rings is 1. The molecule has 0 atom stereocenters. The lowest BCUT2D eigenvalue weighted by Gasteiger charge is -1.98. The van der Waals surface area contributed by atoms with Crippen LogP contribution in [-0.4, -0.2) is 10.1 Å². The van der Waals surface area contributed by atoms with Crippen molar-refractivity contribution >= 4 is 35.4 Å². The van der Waals surface area contributed by atoms with Crippen LogP contribution in [0.2, 0.25) is 10.0 Å². The molecule has 1 heterocycles. The Balaban J connectivity index is 2.29. The largest absolute Gasteiger partial charge is 0.506 e. The molecule has 2 aromatic rings. The highest BCUT2D eigenvalue weighted by Crippen LogP contribution is 2.21. The van der Waals surface area contributed by atoms with Gasteiger partial charge in [0, 0.05) is 16.2 Å². The van der Waals surface area contributed by atoms with Crippen molar-refractivity contribution in [2.24, 2.45) is 0 Å². The van der Waals surface area contributed by atoms with Crippen molar-refractivity contribution in [2.45, 2.75) is 0 Å². The fourth-order valence-corrected chi connectivity index (χ4v) is 1.93. The number of benzene rings is 1. The number of hydrogen-bond acceptors (Lipinski definition) is 2. The summed E-state index contributed by atoms with van der Waals surface area (Å²) in [5.74, 6) is 0.136. The molecule has 2 rings (SSSR count). The maximum atomic E-state index is 9.53. The van der Waals surface area contributed by atoms with E-state index in [1.165, 1.54) is 0 Å². The van der Waals surface area contributed by atoms with E-state index >= 15 is 0 Å². The fourth-order valence-electron chi connectivity index (χ4n) is 1.38. The highest BCUT2D eigenvalue weighted by atomic mass is 35.5. The lowest BCUT2D eigenvalue weighted by atomic mass is 10.2. The molecule has 0 unspecified atom stereocenters. The normalized spacial score (nSPS) is 10.9. The number of rotatable bonds is 2. The molecule has 2 nitrogen and oxygen atoms in total. The molecular formula is C13H9Cl2NO. The zero-order valence-electron chi connectivity index (χ0n) is 8.77. The quantitative estimate of drug-likeness (QED) is 0.880. The van der Waals surface area contributed by atoms with Crippen molar-refractivity contribution in [1.82, 2.24) is 4.98 Å². The molecule has 1 N–H and O–H groups in total. The van der Waals surface area contributed by atoms with Crippen LogP contribution in [0.25, 0.3) is 12.2 Å². The SMILES string of the molecule is Oc1cccnc1C=Cc1cc(Cl)cc(Cl)c1. The minimum atomic E-state index is 0.136. The van der Waals surface area contributed by atoms with Crippen molar-refractivity contribution in [3.05, 3.63) is 57.8 Å². The van der Waals surface area contributed by atoms with Crippen LogP contribution in [0.15, 0.2) is 36.5 Å².